The average Bonchev–Trinajstić information content (AvgIpc) is 2.88. The van der Waals surface area contributed by atoms with E-state index >= 15 is 0 Å². The average molecular weight is 279 g/mol. The molecule has 1 aromatic rings. The van der Waals surface area contributed by atoms with E-state index in [9.17, 15) is 0 Å². The maximum Gasteiger partial charge on any atom is 0.227 e. The van der Waals surface area contributed by atoms with Crippen molar-refractivity contribution in [1.29, 1.82) is 0 Å². The molecule has 0 aliphatic heterocycles. The highest BCUT2D eigenvalue weighted by Crippen LogP contribution is 2.43. The Kier molecular flexibility index (Phi) is 3.82. The van der Waals surface area contributed by atoms with Crippen molar-refractivity contribution in [2.75, 3.05) is 13.7 Å². The van der Waals surface area contributed by atoms with Gasteiger partial charge in [0.15, 0.2) is 0 Å². The topological polar surface area (TPSA) is 74.2 Å². The minimum absolute atomic E-state index is 0.169. The van der Waals surface area contributed by atoms with Crippen molar-refractivity contribution in [2.24, 2.45) is 11.1 Å². The summed E-state index contributed by atoms with van der Waals surface area (Å²) in [5.41, 5.74) is 5.91. The fourth-order valence-corrected chi connectivity index (χ4v) is 3.60. The molecule has 2 N–H and O–H groups in total. The highest BCUT2D eigenvalue weighted by atomic mass is 16.5. The Morgan fingerprint density at radius 1 is 1.15 bits per heavy atom. The number of rotatable bonds is 5. The van der Waals surface area contributed by atoms with Gasteiger partial charge in [-0.05, 0) is 44.1 Å². The molecule has 0 saturated heterocycles. The monoisotopic (exact) mass is 279 g/mol. The first-order chi connectivity index (χ1) is 9.72. The molecule has 3 rings (SSSR count). The lowest BCUT2D eigenvalue weighted by Gasteiger charge is -2.37. The number of nitrogens with zero attached hydrogens (tertiary/aromatic N) is 2. The summed E-state index contributed by atoms with van der Waals surface area (Å²) in [4.78, 5) is 4.60. The van der Waals surface area contributed by atoms with Crippen molar-refractivity contribution in [1.82, 2.24) is 10.1 Å². The van der Waals surface area contributed by atoms with Crippen molar-refractivity contribution in [3.8, 4) is 0 Å². The molecule has 2 fully saturated rings. The molecule has 2 aliphatic carbocycles. The molecule has 0 atom stereocenters. The molecule has 1 aromatic heterocycles. The van der Waals surface area contributed by atoms with Crippen LogP contribution in [0.1, 0.15) is 63.1 Å². The number of hydrogen-bond acceptors (Lipinski definition) is 5. The van der Waals surface area contributed by atoms with Gasteiger partial charge in [-0.15, -0.1) is 0 Å². The van der Waals surface area contributed by atoms with E-state index in [2.05, 4.69) is 10.1 Å². The van der Waals surface area contributed by atoms with E-state index in [-0.39, 0.29) is 11.0 Å². The van der Waals surface area contributed by atoms with Gasteiger partial charge in [0.05, 0.1) is 0 Å². The second-order valence-corrected chi connectivity index (χ2v) is 6.51. The zero-order valence-electron chi connectivity index (χ0n) is 12.4. The van der Waals surface area contributed by atoms with Crippen molar-refractivity contribution >= 4 is 0 Å². The Bertz CT molecular complexity index is 442. The Morgan fingerprint density at radius 2 is 1.90 bits per heavy atom. The van der Waals surface area contributed by atoms with E-state index in [0.29, 0.717) is 6.54 Å². The molecule has 0 amide bonds. The summed E-state index contributed by atoms with van der Waals surface area (Å²) in [7, 11) is 1.73. The molecular formula is C15H25N3O2. The summed E-state index contributed by atoms with van der Waals surface area (Å²) in [5.74, 6) is 1.46. The third-order valence-electron chi connectivity index (χ3n) is 5.30. The lowest BCUT2D eigenvalue weighted by Crippen LogP contribution is -2.37. The van der Waals surface area contributed by atoms with Gasteiger partial charge in [-0.3, -0.25) is 0 Å². The smallest absolute Gasteiger partial charge is 0.227 e. The molecule has 20 heavy (non-hydrogen) atoms. The van der Waals surface area contributed by atoms with E-state index in [1.807, 2.05) is 0 Å². The first kappa shape index (κ1) is 14.0. The molecule has 5 heteroatoms. The van der Waals surface area contributed by atoms with Crippen molar-refractivity contribution in [3.05, 3.63) is 11.7 Å². The van der Waals surface area contributed by atoms with Crippen molar-refractivity contribution < 1.29 is 9.26 Å². The van der Waals surface area contributed by atoms with Gasteiger partial charge in [-0.25, -0.2) is 0 Å². The van der Waals surface area contributed by atoms with Gasteiger partial charge in [0.2, 0.25) is 11.7 Å². The van der Waals surface area contributed by atoms with Crippen LogP contribution in [0.5, 0.6) is 0 Å². The quantitative estimate of drug-likeness (QED) is 0.896. The molecule has 1 heterocycles. The largest absolute Gasteiger partial charge is 0.370 e. The predicted octanol–water partition coefficient (Wildman–Crippen LogP) is 2.55. The molecular weight excluding hydrogens is 254 g/mol. The van der Waals surface area contributed by atoms with Gasteiger partial charge in [-0.1, -0.05) is 24.4 Å². The fraction of sp³-hybridized carbons (Fsp3) is 0.867. The molecule has 0 unspecified atom stereocenters. The standard InChI is InChI=1S/C15H25N3O2/c1-19-15(8-5-9-15)13-17-12(20-18-13)10-14(11-16)6-3-2-4-7-14/h2-11,16H2,1H3. The third kappa shape index (κ3) is 2.37. The van der Waals surface area contributed by atoms with Crippen LogP contribution in [-0.4, -0.2) is 23.8 Å². The minimum atomic E-state index is -0.288. The van der Waals surface area contributed by atoms with Gasteiger partial charge >= 0.3 is 0 Å². The fourth-order valence-electron chi connectivity index (χ4n) is 3.60. The second kappa shape index (κ2) is 5.45. The second-order valence-electron chi connectivity index (χ2n) is 6.51. The van der Waals surface area contributed by atoms with E-state index in [0.717, 1.165) is 31.0 Å². The van der Waals surface area contributed by atoms with Crippen LogP contribution >= 0.6 is 0 Å². The number of hydrogen-bond donors (Lipinski definition) is 1. The number of nitrogens with two attached hydrogens (primary N) is 1. The van der Waals surface area contributed by atoms with Crippen molar-refractivity contribution in [2.45, 2.75) is 63.4 Å². The van der Waals surface area contributed by atoms with Gasteiger partial charge in [0.1, 0.15) is 5.60 Å². The minimum Gasteiger partial charge on any atom is -0.370 e. The molecule has 0 spiro atoms. The summed E-state index contributed by atoms with van der Waals surface area (Å²) in [6.45, 7) is 0.708. The third-order valence-corrected chi connectivity index (χ3v) is 5.30. The van der Waals surface area contributed by atoms with Crippen LogP contribution in [0.25, 0.3) is 0 Å². The zero-order valence-corrected chi connectivity index (χ0v) is 12.4. The number of ether oxygens (including phenoxy) is 1. The van der Waals surface area contributed by atoms with Crippen LogP contribution in [0.2, 0.25) is 0 Å². The van der Waals surface area contributed by atoms with Crippen LogP contribution in [0, 0.1) is 5.41 Å². The Morgan fingerprint density at radius 3 is 2.45 bits per heavy atom. The summed E-state index contributed by atoms with van der Waals surface area (Å²) in [5, 5.41) is 4.16. The lowest BCUT2D eigenvalue weighted by atomic mass is 9.72. The maximum atomic E-state index is 6.03. The van der Waals surface area contributed by atoms with Crippen LogP contribution in [0.3, 0.4) is 0 Å². The van der Waals surface area contributed by atoms with Crippen LogP contribution < -0.4 is 5.73 Å². The van der Waals surface area contributed by atoms with E-state index < -0.39 is 0 Å². The lowest BCUT2D eigenvalue weighted by molar-refractivity contribution is -0.0858. The highest BCUT2D eigenvalue weighted by Gasteiger charge is 2.43. The summed E-state index contributed by atoms with van der Waals surface area (Å²) < 4.78 is 11.1. The van der Waals surface area contributed by atoms with Gasteiger partial charge < -0.3 is 15.0 Å². The van der Waals surface area contributed by atoms with Crippen LogP contribution in [0.4, 0.5) is 0 Å². The SMILES string of the molecule is COC1(c2noc(CC3(CN)CCCCC3)n2)CCC1. The van der Waals surface area contributed by atoms with Crippen LogP contribution in [0.15, 0.2) is 4.52 Å². The molecule has 112 valence electrons. The Hall–Kier alpha value is -0.940. The van der Waals surface area contributed by atoms with Gasteiger partial charge in [0.25, 0.3) is 0 Å². The molecule has 2 aliphatic rings. The summed E-state index contributed by atoms with van der Waals surface area (Å²) in [6.07, 6.45) is 10.2. The van der Waals surface area contributed by atoms with Crippen LogP contribution in [-0.2, 0) is 16.8 Å². The zero-order chi connectivity index (χ0) is 14.1. The highest BCUT2D eigenvalue weighted by molar-refractivity contribution is 5.07. The van der Waals surface area contributed by atoms with E-state index in [1.54, 1.807) is 7.11 Å². The Labute approximate surface area is 120 Å². The van der Waals surface area contributed by atoms with E-state index in [1.165, 1.54) is 38.5 Å². The molecule has 0 bridgehead atoms. The first-order valence-corrected chi connectivity index (χ1v) is 7.80. The maximum absolute atomic E-state index is 6.03. The number of aromatic nitrogens is 2. The molecule has 0 radical (unpaired) electrons. The number of methoxy groups -OCH3 is 1. The first-order valence-electron chi connectivity index (χ1n) is 7.80. The molecule has 5 nitrogen and oxygen atoms in total. The summed E-state index contributed by atoms with van der Waals surface area (Å²) >= 11 is 0. The molecule has 2 saturated carbocycles. The van der Waals surface area contributed by atoms with Crippen molar-refractivity contribution in [3.63, 3.8) is 0 Å². The summed E-state index contributed by atoms with van der Waals surface area (Å²) in [6, 6.07) is 0. The van der Waals surface area contributed by atoms with Gasteiger partial charge in [-0.2, -0.15) is 4.98 Å². The Balaban J connectivity index is 1.73. The normalized spacial score (nSPS) is 24.3. The molecule has 0 aromatic carbocycles. The van der Waals surface area contributed by atoms with Gasteiger partial charge in [0, 0.05) is 13.5 Å². The van der Waals surface area contributed by atoms with E-state index in [4.69, 9.17) is 15.0 Å². The predicted molar refractivity (Wildman–Crippen MR) is 75.1 cm³/mol.